The topological polar surface area (TPSA) is 52.8 Å². The van der Waals surface area contributed by atoms with Gasteiger partial charge in [0, 0.05) is 25.2 Å². The van der Waals surface area contributed by atoms with Crippen molar-refractivity contribution >= 4 is 41.5 Å². The van der Waals surface area contributed by atoms with Crippen LogP contribution < -0.4 is 10.6 Å². The van der Waals surface area contributed by atoms with Gasteiger partial charge in [0.25, 0.3) is 0 Å². The molecule has 1 aliphatic heterocycles. The number of halogens is 2. The molecule has 1 aromatic carbocycles. The summed E-state index contributed by atoms with van der Waals surface area (Å²) in [4.78, 5) is 6.81. The Hall–Kier alpha value is -1.25. The monoisotopic (exact) mass is 502 g/mol. The Labute approximate surface area is 183 Å². The third-order valence-electron chi connectivity index (χ3n) is 4.78. The fraction of sp³-hybridized carbons (Fsp3) is 0.450. The number of guanidine groups is 1. The van der Waals surface area contributed by atoms with Crippen LogP contribution in [0.25, 0.3) is 0 Å². The number of hydrogen-bond donors (Lipinski definition) is 2. The molecule has 1 atom stereocenters. The van der Waals surface area contributed by atoms with Crippen LogP contribution in [-0.4, -0.2) is 44.1 Å². The molecule has 2 aromatic rings. The molecule has 7 heteroatoms. The first-order valence-electron chi connectivity index (χ1n) is 9.23. The van der Waals surface area contributed by atoms with Crippen molar-refractivity contribution in [2.45, 2.75) is 25.3 Å². The smallest absolute Gasteiger partial charge is 0.191 e. The summed E-state index contributed by atoms with van der Waals surface area (Å²) in [7, 11) is 1.79. The van der Waals surface area contributed by atoms with E-state index in [0.717, 1.165) is 54.9 Å². The normalized spacial score (nSPS) is 16.0. The Morgan fingerprint density at radius 1 is 1.19 bits per heavy atom. The SMILES string of the molecule is CN=C(NCCc1ccccc1Cl)NCC(c1ccco1)N1CCCC1.I. The van der Waals surface area contributed by atoms with E-state index in [1.54, 1.807) is 13.3 Å². The predicted octanol–water partition coefficient (Wildman–Crippen LogP) is 4.10. The van der Waals surface area contributed by atoms with Gasteiger partial charge in [0.1, 0.15) is 5.76 Å². The van der Waals surface area contributed by atoms with Crippen molar-refractivity contribution in [2.24, 2.45) is 4.99 Å². The first kappa shape index (κ1) is 22.0. The molecule has 148 valence electrons. The van der Waals surface area contributed by atoms with E-state index in [1.165, 1.54) is 12.8 Å². The Morgan fingerprint density at radius 2 is 1.96 bits per heavy atom. The van der Waals surface area contributed by atoms with E-state index in [4.69, 9.17) is 16.0 Å². The molecule has 1 unspecified atom stereocenters. The summed E-state index contributed by atoms with van der Waals surface area (Å²) < 4.78 is 5.67. The Bertz CT molecular complexity index is 702. The van der Waals surface area contributed by atoms with E-state index in [-0.39, 0.29) is 30.0 Å². The lowest BCUT2D eigenvalue weighted by atomic mass is 10.1. The maximum atomic E-state index is 6.22. The average molecular weight is 503 g/mol. The van der Waals surface area contributed by atoms with Crippen molar-refractivity contribution in [3.05, 3.63) is 59.0 Å². The molecule has 1 aromatic heterocycles. The van der Waals surface area contributed by atoms with Crippen LogP contribution in [0.2, 0.25) is 5.02 Å². The Kier molecular flexibility index (Phi) is 9.44. The average Bonchev–Trinajstić information content (AvgIpc) is 3.36. The van der Waals surface area contributed by atoms with Gasteiger partial charge in [0.15, 0.2) is 5.96 Å². The highest BCUT2D eigenvalue weighted by atomic mass is 127. The van der Waals surface area contributed by atoms with Gasteiger partial charge in [-0.1, -0.05) is 29.8 Å². The minimum absolute atomic E-state index is 0. The molecule has 5 nitrogen and oxygen atoms in total. The molecule has 1 aliphatic rings. The number of rotatable bonds is 7. The second kappa shape index (κ2) is 11.6. The third-order valence-corrected chi connectivity index (χ3v) is 5.15. The summed E-state index contributed by atoms with van der Waals surface area (Å²) in [6.45, 7) is 3.77. The summed E-state index contributed by atoms with van der Waals surface area (Å²) in [6, 6.07) is 12.2. The highest BCUT2D eigenvalue weighted by molar-refractivity contribution is 14.0. The summed E-state index contributed by atoms with van der Waals surface area (Å²) in [5, 5.41) is 7.62. The number of nitrogens with one attached hydrogen (secondary N) is 2. The highest BCUT2D eigenvalue weighted by Crippen LogP contribution is 2.24. The zero-order chi connectivity index (χ0) is 18.2. The quantitative estimate of drug-likeness (QED) is 0.340. The van der Waals surface area contributed by atoms with E-state index in [0.29, 0.717) is 0 Å². The fourth-order valence-corrected chi connectivity index (χ4v) is 3.60. The van der Waals surface area contributed by atoms with Gasteiger partial charge in [-0.15, -0.1) is 24.0 Å². The fourth-order valence-electron chi connectivity index (χ4n) is 3.37. The molecule has 2 N–H and O–H groups in total. The maximum absolute atomic E-state index is 6.22. The molecule has 0 spiro atoms. The van der Waals surface area contributed by atoms with Gasteiger partial charge in [-0.3, -0.25) is 9.89 Å². The number of hydrogen-bond acceptors (Lipinski definition) is 3. The molecule has 1 saturated heterocycles. The number of benzene rings is 1. The Morgan fingerprint density at radius 3 is 2.63 bits per heavy atom. The molecule has 2 heterocycles. The van der Waals surface area contributed by atoms with Crippen molar-refractivity contribution in [1.82, 2.24) is 15.5 Å². The van der Waals surface area contributed by atoms with Gasteiger partial charge in [0.05, 0.1) is 12.3 Å². The molecular formula is C20H28ClIN4O. The lowest BCUT2D eigenvalue weighted by Gasteiger charge is -2.26. The van der Waals surface area contributed by atoms with Crippen molar-refractivity contribution in [3.8, 4) is 0 Å². The van der Waals surface area contributed by atoms with Crippen LogP contribution >= 0.6 is 35.6 Å². The molecule has 0 radical (unpaired) electrons. The third kappa shape index (κ3) is 6.40. The summed E-state index contributed by atoms with van der Waals surface area (Å²) in [5.41, 5.74) is 1.14. The van der Waals surface area contributed by atoms with Crippen molar-refractivity contribution in [2.75, 3.05) is 33.2 Å². The van der Waals surface area contributed by atoms with E-state index < -0.39 is 0 Å². The second-order valence-corrected chi connectivity index (χ2v) is 6.90. The van der Waals surface area contributed by atoms with Gasteiger partial charge in [-0.05, 0) is 56.1 Å². The summed E-state index contributed by atoms with van der Waals surface area (Å²) in [6.07, 6.45) is 5.10. The lowest BCUT2D eigenvalue weighted by molar-refractivity contribution is 0.215. The lowest BCUT2D eigenvalue weighted by Crippen LogP contribution is -2.43. The van der Waals surface area contributed by atoms with Crippen LogP contribution in [0.4, 0.5) is 0 Å². The van der Waals surface area contributed by atoms with E-state index >= 15 is 0 Å². The van der Waals surface area contributed by atoms with Crippen LogP contribution in [-0.2, 0) is 6.42 Å². The number of likely N-dealkylation sites (tertiary alicyclic amines) is 1. The van der Waals surface area contributed by atoms with Crippen LogP contribution in [0.1, 0.15) is 30.2 Å². The molecule has 0 bridgehead atoms. The number of nitrogens with zero attached hydrogens (tertiary/aromatic N) is 2. The van der Waals surface area contributed by atoms with Crippen molar-refractivity contribution < 1.29 is 4.42 Å². The first-order valence-corrected chi connectivity index (χ1v) is 9.61. The number of aliphatic imine (C=N–C) groups is 1. The van der Waals surface area contributed by atoms with E-state index in [1.807, 2.05) is 24.3 Å². The van der Waals surface area contributed by atoms with E-state index in [2.05, 4.69) is 32.7 Å². The van der Waals surface area contributed by atoms with Crippen LogP contribution in [0.15, 0.2) is 52.1 Å². The highest BCUT2D eigenvalue weighted by Gasteiger charge is 2.25. The summed E-state index contributed by atoms with van der Waals surface area (Å²) >= 11 is 6.22. The standard InChI is InChI=1S/C20H27ClN4O.HI/c1-22-20(23-11-10-16-7-2-3-8-17(16)21)24-15-18(19-9-6-14-26-19)25-12-4-5-13-25;/h2-3,6-9,14,18H,4-5,10-13,15H2,1H3,(H2,22,23,24);1H. The van der Waals surface area contributed by atoms with Crippen molar-refractivity contribution in [3.63, 3.8) is 0 Å². The van der Waals surface area contributed by atoms with Crippen molar-refractivity contribution in [1.29, 1.82) is 0 Å². The van der Waals surface area contributed by atoms with Crippen LogP contribution in [0, 0.1) is 0 Å². The minimum Gasteiger partial charge on any atom is -0.468 e. The molecule has 0 amide bonds. The zero-order valence-electron chi connectivity index (χ0n) is 15.7. The van der Waals surface area contributed by atoms with Gasteiger partial charge < -0.3 is 15.1 Å². The molecule has 3 rings (SSSR count). The predicted molar refractivity (Wildman–Crippen MR) is 122 cm³/mol. The second-order valence-electron chi connectivity index (χ2n) is 6.50. The number of furan rings is 1. The van der Waals surface area contributed by atoms with Gasteiger partial charge in [0.2, 0.25) is 0 Å². The summed E-state index contributed by atoms with van der Waals surface area (Å²) in [5.74, 6) is 1.80. The Balaban J connectivity index is 0.00000261. The van der Waals surface area contributed by atoms with Gasteiger partial charge in [-0.25, -0.2) is 0 Å². The van der Waals surface area contributed by atoms with E-state index in [9.17, 15) is 0 Å². The minimum atomic E-state index is 0. The van der Waals surface area contributed by atoms with Gasteiger partial charge in [-0.2, -0.15) is 0 Å². The zero-order valence-corrected chi connectivity index (χ0v) is 18.7. The molecule has 0 saturated carbocycles. The molecule has 27 heavy (non-hydrogen) atoms. The van der Waals surface area contributed by atoms with Crippen LogP contribution in [0.5, 0.6) is 0 Å². The molecule has 0 aliphatic carbocycles. The van der Waals surface area contributed by atoms with Crippen LogP contribution in [0.3, 0.4) is 0 Å². The maximum Gasteiger partial charge on any atom is 0.191 e. The van der Waals surface area contributed by atoms with Gasteiger partial charge >= 0.3 is 0 Å². The largest absolute Gasteiger partial charge is 0.468 e. The molecular weight excluding hydrogens is 475 g/mol. The molecule has 1 fully saturated rings. The first-order chi connectivity index (χ1) is 12.8.